The molecular formula is C19H18N4O2. The number of anilines is 1. The minimum atomic E-state index is -0.0753. The molecule has 1 unspecified atom stereocenters. The van der Waals surface area contributed by atoms with Gasteiger partial charge in [0.25, 0.3) is 5.89 Å². The SMILES string of the molecule is Cc1cccc(N2CC(c3noc(-c4ccccn4)n3)CC2=O)c1C. The van der Waals surface area contributed by atoms with Gasteiger partial charge in [-0.1, -0.05) is 23.4 Å². The summed E-state index contributed by atoms with van der Waals surface area (Å²) in [5.41, 5.74) is 3.89. The molecule has 0 spiro atoms. The Morgan fingerprint density at radius 3 is 2.84 bits per heavy atom. The van der Waals surface area contributed by atoms with Crippen LogP contribution in [-0.2, 0) is 4.79 Å². The first-order valence-corrected chi connectivity index (χ1v) is 8.25. The van der Waals surface area contributed by atoms with Gasteiger partial charge in [0, 0.05) is 30.8 Å². The van der Waals surface area contributed by atoms with E-state index < -0.39 is 0 Å². The monoisotopic (exact) mass is 334 g/mol. The molecule has 6 nitrogen and oxygen atoms in total. The minimum Gasteiger partial charge on any atom is -0.332 e. The number of nitrogens with zero attached hydrogens (tertiary/aromatic N) is 4. The highest BCUT2D eigenvalue weighted by atomic mass is 16.5. The molecular weight excluding hydrogens is 316 g/mol. The van der Waals surface area contributed by atoms with Crippen molar-refractivity contribution in [3.63, 3.8) is 0 Å². The van der Waals surface area contributed by atoms with E-state index in [4.69, 9.17) is 4.52 Å². The average molecular weight is 334 g/mol. The van der Waals surface area contributed by atoms with Gasteiger partial charge in [-0.25, -0.2) is 0 Å². The number of benzene rings is 1. The van der Waals surface area contributed by atoms with Crippen LogP contribution in [0.15, 0.2) is 47.1 Å². The summed E-state index contributed by atoms with van der Waals surface area (Å²) in [5.74, 6) is 0.951. The fraction of sp³-hybridized carbons (Fsp3) is 0.263. The van der Waals surface area contributed by atoms with Gasteiger partial charge in [-0.15, -0.1) is 0 Å². The van der Waals surface area contributed by atoms with Gasteiger partial charge in [-0.3, -0.25) is 9.78 Å². The number of amides is 1. The third kappa shape index (κ3) is 2.80. The summed E-state index contributed by atoms with van der Waals surface area (Å²) < 4.78 is 5.33. The van der Waals surface area contributed by atoms with Gasteiger partial charge < -0.3 is 9.42 Å². The molecule has 1 saturated heterocycles. The first-order valence-electron chi connectivity index (χ1n) is 8.25. The molecule has 25 heavy (non-hydrogen) atoms. The number of carbonyl (C=O) groups excluding carboxylic acids is 1. The molecule has 3 aromatic rings. The predicted octanol–water partition coefficient (Wildman–Crippen LogP) is 3.27. The fourth-order valence-electron chi connectivity index (χ4n) is 3.14. The van der Waals surface area contributed by atoms with E-state index in [0.717, 1.165) is 11.3 Å². The highest BCUT2D eigenvalue weighted by Gasteiger charge is 2.35. The highest BCUT2D eigenvalue weighted by molar-refractivity contribution is 5.97. The number of aryl methyl sites for hydroxylation is 1. The Hall–Kier alpha value is -3.02. The Balaban J connectivity index is 1.59. The van der Waals surface area contributed by atoms with Crippen LogP contribution in [0.4, 0.5) is 5.69 Å². The van der Waals surface area contributed by atoms with Gasteiger partial charge in [-0.05, 0) is 43.2 Å². The molecule has 1 atom stereocenters. The lowest BCUT2D eigenvalue weighted by molar-refractivity contribution is -0.117. The van der Waals surface area contributed by atoms with E-state index in [9.17, 15) is 4.79 Å². The standard InChI is InChI=1S/C19H18N4O2/c1-12-6-5-8-16(13(12)2)23-11-14(10-17(23)24)18-21-19(25-22-18)15-7-3-4-9-20-15/h3-9,14H,10-11H2,1-2H3. The molecule has 0 saturated carbocycles. The van der Waals surface area contributed by atoms with Crippen LogP contribution in [0, 0.1) is 13.8 Å². The Labute approximate surface area is 145 Å². The number of hydrogen-bond donors (Lipinski definition) is 0. The van der Waals surface area contributed by atoms with Gasteiger partial charge in [0.15, 0.2) is 5.82 Å². The number of pyridine rings is 1. The summed E-state index contributed by atoms with van der Waals surface area (Å²) in [4.78, 5) is 23.0. The smallest absolute Gasteiger partial charge is 0.276 e. The molecule has 6 heteroatoms. The van der Waals surface area contributed by atoms with Crippen molar-refractivity contribution in [3.05, 3.63) is 59.5 Å². The van der Waals surface area contributed by atoms with Crippen LogP contribution >= 0.6 is 0 Å². The Morgan fingerprint density at radius 2 is 2.04 bits per heavy atom. The van der Waals surface area contributed by atoms with Gasteiger partial charge in [0.2, 0.25) is 5.91 Å². The summed E-state index contributed by atoms with van der Waals surface area (Å²) in [7, 11) is 0. The zero-order chi connectivity index (χ0) is 17.4. The maximum Gasteiger partial charge on any atom is 0.276 e. The lowest BCUT2D eigenvalue weighted by Gasteiger charge is -2.19. The van der Waals surface area contributed by atoms with Crippen molar-refractivity contribution in [2.24, 2.45) is 0 Å². The molecule has 126 valence electrons. The van der Waals surface area contributed by atoms with Crippen LogP contribution in [0.1, 0.15) is 29.3 Å². The normalized spacial score (nSPS) is 17.3. The second-order valence-corrected chi connectivity index (χ2v) is 6.30. The van der Waals surface area contributed by atoms with Gasteiger partial charge in [0.1, 0.15) is 5.69 Å². The predicted molar refractivity (Wildman–Crippen MR) is 93.2 cm³/mol. The number of aromatic nitrogens is 3. The van der Waals surface area contributed by atoms with Gasteiger partial charge >= 0.3 is 0 Å². The molecule has 1 aliphatic rings. The third-order valence-corrected chi connectivity index (χ3v) is 4.68. The lowest BCUT2D eigenvalue weighted by atomic mass is 10.1. The quantitative estimate of drug-likeness (QED) is 0.735. The largest absolute Gasteiger partial charge is 0.332 e. The van der Waals surface area contributed by atoms with Crippen LogP contribution in [-0.4, -0.2) is 27.6 Å². The van der Waals surface area contributed by atoms with Crippen LogP contribution in [0.3, 0.4) is 0 Å². The topological polar surface area (TPSA) is 72.1 Å². The van der Waals surface area contributed by atoms with Crippen molar-refractivity contribution >= 4 is 11.6 Å². The molecule has 4 rings (SSSR count). The molecule has 0 bridgehead atoms. The van der Waals surface area contributed by atoms with Crippen LogP contribution < -0.4 is 4.90 Å². The maximum absolute atomic E-state index is 12.5. The molecule has 2 aromatic heterocycles. The Bertz CT molecular complexity index is 920. The van der Waals surface area contributed by atoms with Crippen LogP contribution in [0.2, 0.25) is 0 Å². The Kier molecular flexibility index (Phi) is 3.80. The zero-order valence-electron chi connectivity index (χ0n) is 14.1. The van der Waals surface area contributed by atoms with Crippen molar-refractivity contribution in [2.45, 2.75) is 26.2 Å². The van der Waals surface area contributed by atoms with E-state index in [0.29, 0.717) is 30.4 Å². The second kappa shape index (κ2) is 6.12. The molecule has 1 aliphatic heterocycles. The van der Waals surface area contributed by atoms with Crippen molar-refractivity contribution in [2.75, 3.05) is 11.4 Å². The molecule has 0 N–H and O–H groups in total. The molecule has 0 aliphatic carbocycles. The van der Waals surface area contributed by atoms with E-state index in [1.807, 2.05) is 42.2 Å². The average Bonchev–Trinajstić information content (AvgIpc) is 3.25. The summed E-state index contributed by atoms with van der Waals surface area (Å²) in [6.45, 7) is 4.65. The van der Waals surface area contributed by atoms with Crippen molar-refractivity contribution in [3.8, 4) is 11.6 Å². The van der Waals surface area contributed by atoms with E-state index in [1.165, 1.54) is 5.56 Å². The van der Waals surface area contributed by atoms with E-state index >= 15 is 0 Å². The molecule has 1 fully saturated rings. The van der Waals surface area contributed by atoms with Crippen molar-refractivity contribution in [1.82, 2.24) is 15.1 Å². The number of hydrogen-bond acceptors (Lipinski definition) is 5. The third-order valence-electron chi connectivity index (χ3n) is 4.68. The zero-order valence-corrected chi connectivity index (χ0v) is 14.1. The van der Waals surface area contributed by atoms with Crippen molar-refractivity contribution < 1.29 is 9.32 Å². The molecule has 1 amide bonds. The summed E-state index contributed by atoms with van der Waals surface area (Å²) >= 11 is 0. The summed E-state index contributed by atoms with van der Waals surface area (Å²) in [6.07, 6.45) is 2.06. The minimum absolute atomic E-state index is 0.0753. The number of carbonyl (C=O) groups is 1. The fourth-order valence-corrected chi connectivity index (χ4v) is 3.14. The first kappa shape index (κ1) is 15.5. The maximum atomic E-state index is 12.5. The van der Waals surface area contributed by atoms with E-state index in [-0.39, 0.29) is 11.8 Å². The van der Waals surface area contributed by atoms with E-state index in [1.54, 1.807) is 6.20 Å². The molecule has 1 aromatic carbocycles. The van der Waals surface area contributed by atoms with E-state index in [2.05, 4.69) is 28.1 Å². The summed E-state index contributed by atoms with van der Waals surface area (Å²) in [5, 5.41) is 4.07. The van der Waals surface area contributed by atoms with Gasteiger partial charge in [0.05, 0.1) is 0 Å². The molecule has 0 radical (unpaired) electrons. The first-order chi connectivity index (χ1) is 12.1. The Morgan fingerprint density at radius 1 is 1.16 bits per heavy atom. The van der Waals surface area contributed by atoms with Crippen molar-refractivity contribution in [1.29, 1.82) is 0 Å². The highest BCUT2D eigenvalue weighted by Crippen LogP contribution is 2.33. The number of rotatable bonds is 3. The summed E-state index contributed by atoms with van der Waals surface area (Å²) in [6, 6.07) is 11.5. The lowest BCUT2D eigenvalue weighted by Crippen LogP contribution is -2.25. The van der Waals surface area contributed by atoms with Crippen LogP contribution in [0.5, 0.6) is 0 Å². The van der Waals surface area contributed by atoms with Crippen LogP contribution in [0.25, 0.3) is 11.6 Å². The second-order valence-electron chi connectivity index (χ2n) is 6.30. The molecule has 3 heterocycles. The van der Waals surface area contributed by atoms with Gasteiger partial charge in [-0.2, -0.15) is 4.98 Å².